The molecular weight excluding hydrogens is 617 g/mol. The fourth-order valence-electron chi connectivity index (χ4n) is 5.57. The molecule has 1 aromatic rings. The van der Waals surface area contributed by atoms with E-state index in [4.69, 9.17) is 5.11 Å². The van der Waals surface area contributed by atoms with Crippen molar-refractivity contribution in [3.8, 4) is 5.75 Å². The van der Waals surface area contributed by atoms with Gasteiger partial charge >= 0.3 is 0 Å². The van der Waals surface area contributed by atoms with Crippen LogP contribution in [0, 0.1) is 21.7 Å². The first-order valence-corrected chi connectivity index (χ1v) is 18.2. The normalized spacial score (nSPS) is 16.8. The van der Waals surface area contributed by atoms with Crippen molar-refractivity contribution in [2.24, 2.45) is 21.7 Å². The van der Waals surface area contributed by atoms with Gasteiger partial charge in [-0.05, 0) is 99.8 Å². The molecule has 2 aliphatic rings. The molecule has 0 fully saturated rings. The van der Waals surface area contributed by atoms with Gasteiger partial charge in [-0.2, -0.15) is 0 Å². The summed E-state index contributed by atoms with van der Waals surface area (Å²) < 4.78 is 0. The minimum absolute atomic E-state index is 0.00859. The number of allylic oxidation sites excluding steroid dienone is 10. The van der Waals surface area contributed by atoms with E-state index in [1.165, 1.54) is 0 Å². The summed E-state index contributed by atoms with van der Waals surface area (Å²) >= 11 is 0. The van der Waals surface area contributed by atoms with Crippen LogP contribution in [0.15, 0.2) is 75.9 Å². The smallest absolute Gasteiger partial charge is 0.186 e. The number of aliphatic hydroxyl groups is 1. The van der Waals surface area contributed by atoms with Gasteiger partial charge in [0.25, 0.3) is 0 Å². The quantitative estimate of drug-likeness (QED) is 0.284. The Hall–Kier alpha value is -2.98. The summed E-state index contributed by atoms with van der Waals surface area (Å²) in [5.41, 5.74) is 5.82. The largest absolute Gasteiger partial charge is 0.507 e. The molecule has 1 aromatic carbocycles. The van der Waals surface area contributed by atoms with Crippen LogP contribution in [0.3, 0.4) is 0 Å². The molecule has 3 rings (SSSR count). The van der Waals surface area contributed by atoms with E-state index in [2.05, 4.69) is 125 Å². The number of hydrogen-bond acceptors (Lipinski definition) is 4. The van der Waals surface area contributed by atoms with Gasteiger partial charge in [-0.15, -0.1) is 0 Å². The lowest BCUT2D eigenvalue weighted by Crippen LogP contribution is -2.29. The molecule has 0 radical (unpaired) electrons. The Bertz CT molecular complexity index is 1390. The molecule has 0 bridgehead atoms. The Labute approximate surface area is 306 Å². The van der Waals surface area contributed by atoms with E-state index in [9.17, 15) is 14.7 Å². The zero-order valence-electron chi connectivity index (χ0n) is 35.8. The lowest BCUT2D eigenvalue weighted by atomic mass is 9.69. The third kappa shape index (κ3) is 12.7. The van der Waals surface area contributed by atoms with Gasteiger partial charge in [0, 0.05) is 22.3 Å². The van der Waals surface area contributed by atoms with Crippen molar-refractivity contribution >= 4 is 11.6 Å². The molecule has 0 amide bonds. The van der Waals surface area contributed by atoms with Crippen molar-refractivity contribution in [1.29, 1.82) is 0 Å². The van der Waals surface area contributed by atoms with Crippen LogP contribution < -0.4 is 0 Å². The van der Waals surface area contributed by atoms with Gasteiger partial charge in [0.1, 0.15) is 5.75 Å². The molecule has 50 heavy (non-hydrogen) atoms. The van der Waals surface area contributed by atoms with Gasteiger partial charge in [0.2, 0.25) is 0 Å². The van der Waals surface area contributed by atoms with Crippen LogP contribution in [0.5, 0.6) is 5.75 Å². The van der Waals surface area contributed by atoms with Gasteiger partial charge in [-0.25, -0.2) is 0 Å². The number of para-hydroxylation sites is 1. The highest BCUT2D eigenvalue weighted by Crippen LogP contribution is 2.43. The summed E-state index contributed by atoms with van der Waals surface area (Å²) in [5, 5.41) is 18.8. The summed E-state index contributed by atoms with van der Waals surface area (Å²) in [6, 6.07) is 6.04. The van der Waals surface area contributed by atoms with Gasteiger partial charge in [0.05, 0.1) is 5.60 Å². The van der Waals surface area contributed by atoms with E-state index in [-0.39, 0.29) is 44.1 Å². The van der Waals surface area contributed by atoms with Gasteiger partial charge in [-0.1, -0.05) is 143 Å². The molecule has 4 nitrogen and oxygen atoms in total. The van der Waals surface area contributed by atoms with E-state index in [0.29, 0.717) is 5.75 Å². The minimum Gasteiger partial charge on any atom is -0.507 e. The fourth-order valence-corrected chi connectivity index (χ4v) is 5.57. The van der Waals surface area contributed by atoms with Crippen LogP contribution in [0.4, 0.5) is 0 Å². The Kier molecular flexibility index (Phi) is 13.5. The summed E-state index contributed by atoms with van der Waals surface area (Å²) in [5.74, 6) is 0.718. The van der Waals surface area contributed by atoms with Crippen LogP contribution in [0.2, 0.25) is 0 Å². The van der Waals surface area contributed by atoms with Crippen molar-refractivity contribution in [3.63, 3.8) is 0 Å². The molecule has 280 valence electrons. The lowest BCUT2D eigenvalue weighted by Gasteiger charge is -2.34. The van der Waals surface area contributed by atoms with Crippen molar-refractivity contribution < 1.29 is 19.8 Å². The molecular formula is C46H72O4. The fraction of sp³-hybridized carbons (Fsp3) is 0.609. The predicted molar refractivity (Wildman–Crippen MR) is 215 cm³/mol. The number of benzene rings is 1. The number of rotatable bonds is 0. The SMILES string of the molecule is CC(C)(C)C1=CC(=C2C=C(C(C)(C)C)C(=O)C(C(C)(C)C)=C2)C=C(C(C)(C)C)C1=O.CC(C)(C)O.CC(C)(C)c1cccc(C(C)(C)C)c1O. The second-order valence-electron chi connectivity index (χ2n) is 21.2. The number of hydrogen-bond donors (Lipinski definition) is 2. The molecule has 0 atom stereocenters. The number of Topliss-reactive ketones (excluding diaryl/α,β-unsaturated/α-hetero) is 2. The van der Waals surface area contributed by atoms with E-state index < -0.39 is 5.60 Å². The first-order chi connectivity index (χ1) is 21.9. The zero-order valence-corrected chi connectivity index (χ0v) is 35.8. The monoisotopic (exact) mass is 689 g/mol. The average molecular weight is 689 g/mol. The first-order valence-electron chi connectivity index (χ1n) is 18.2. The lowest BCUT2D eigenvalue weighted by molar-refractivity contribution is -0.114. The maximum Gasteiger partial charge on any atom is 0.186 e. The van der Waals surface area contributed by atoms with Crippen molar-refractivity contribution in [1.82, 2.24) is 0 Å². The van der Waals surface area contributed by atoms with Crippen molar-refractivity contribution in [2.75, 3.05) is 0 Å². The summed E-state index contributed by atoms with van der Waals surface area (Å²) in [6.07, 6.45) is 8.15. The van der Waals surface area contributed by atoms with E-state index >= 15 is 0 Å². The molecule has 0 unspecified atom stereocenters. The highest BCUT2D eigenvalue weighted by atomic mass is 16.3. The number of carbonyl (C=O) groups excluding carboxylic acids is 2. The first kappa shape index (κ1) is 45.0. The molecule has 2 N–H and O–H groups in total. The topological polar surface area (TPSA) is 74.6 Å². The van der Waals surface area contributed by atoms with Crippen LogP contribution >= 0.6 is 0 Å². The third-order valence-electron chi connectivity index (χ3n) is 8.40. The molecule has 4 heteroatoms. The predicted octanol–water partition coefficient (Wildman–Crippen LogP) is 12.1. The number of phenols is 1. The molecule has 0 spiro atoms. The number of phenolic OH excluding ortho intramolecular Hbond substituents is 1. The number of aromatic hydroxyl groups is 1. The van der Waals surface area contributed by atoms with Crippen molar-refractivity contribution in [3.05, 3.63) is 87.1 Å². The molecule has 2 aliphatic carbocycles. The Morgan fingerprint density at radius 1 is 0.400 bits per heavy atom. The van der Waals surface area contributed by atoms with E-state index in [1.54, 1.807) is 20.8 Å². The highest BCUT2D eigenvalue weighted by Gasteiger charge is 2.37. The van der Waals surface area contributed by atoms with Gasteiger partial charge < -0.3 is 10.2 Å². The number of ketones is 2. The van der Waals surface area contributed by atoms with Crippen LogP contribution in [0.25, 0.3) is 0 Å². The molecule has 0 saturated carbocycles. The molecule has 0 aromatic heterocycles. The number of carbonyl (C=O) groups is 2. The highest BCUT2D eigenvalue weighted by molar-refractivity contribution is 6.13. The van der Waals surface area contributed by atoms with Crippen LogP contribution in [-0.2, 0) is 20.4 Å². The maximum absolute atomic E-state index is 13.3. The Morgan fingerprint density at radius 2 is 0.600 bits per heavy atom. The van der Waals surface area contributed by atoms with Crippen LogP contribution in [0.1, 0.15) is 157 Å². The molecule has 0 heterocycles. The van der Waals surface area contributed by atoms with E-state index in [0.717, 1.165) is 44.6 Å². The maximum atomic E-state index is 13.3. The van der Waals surface area contributed by atoms with Gasteiger partial charge in [-0.3, -0.25) is 9.59 Å². The van der Waals surface area contributed by atoms with Crippen LogP contribution in [-0.4, -0.2) is 27.4 Å². The summed E-state index contributed by atoms with van der Waals surface area (Å²) in [6.45, 7) is 43.0. The summed E-state index contributed by atoms with van der Waals surface area (Å²) in [7, 11) is 0. The minimum atomic E-state index is -0.500. The molecule has 0 aliphatic heterocycles. The van der Waals surface area contributed by atoms with E-state index in [1.807, 2.05) is 42.5 Å². The second-order valence-corrected chi connectivity index (χ2v) is 21.2. The van der Waals surface area contributed by atoms with Gasteiger partial charge in [0.15, 0.2) is 11.6 Å². The Morgan fingerprint density at radius 3 is 0.760 bits per heavy atom. The third-order valence-corrected chi connectivity index (χ3v) is 8.40. The Balaban J connectivity index is 0.000000517. The standard InChI is InChI=1S/C28H40O2.C14H22O.C4H10O/c1-25(2,3)19-13-17(14-20(23(19)29)26(4,5)6)18-15-21(27(7,8)9)24(30)22(16-18)28(10,11)12;1-13(2,3)10-8-7-9-11(12(10)15)14(4,5)6;1-4(2,3)5/h13-16H,1-12H3;7-9,15H,1-6H3;5H,1-3H3. The molecule has 0 saturated heterocycles. The zero-order chi connectivity index (χ0) is 39.8. The second kappa shape index (κ2) is 14.9. The van der Waals surface area contributed by atoms with Crippen molar-refractivity contribution in [2.45, 2.75) is 162 Å². The summed E-state index contributed by atoms with van der Waals surface area (Å²) in [4.78, 5) is 26.6. The average Bonchev–Trinajstić information content (AvgIpc) is 2.84.